The highest BCUT2D eigenvalue weighted by Gasteiger charge is 2.06. The average molecular weight is 391 g/mol. The van der Waals surface area contributed by atoms with Gasteiger partial charge >= 0.3 is 0 Å². The number of halogens is 1. The van der Waals surface area contributed by atoms with Gasteiger partial charge in [0, 0.05) is 29.1 Å². The molecule has 2 N–H and O–H groups in total. The van der Waals surface area contributed by atoms with Crippen LogP contribution in [0.25, 0.3) is 0 Å². The molecule has 128 valence electrons. The zero-order chi connectivity index (χ0) is 17.6. The molecule has 0 aliphatic heterocycles. The minimum atomic E-state index is -0.103. The highest BCUT2D eigenvalue weighted by molar-refractivity contribution is 8.00. The lowest BCUT2D eigenvalue weighted by Gasteiger charge is -2.05. The van der Waals surface area contributed by atoms with Gasteiger partial charge < -0.3 is 10.6 Å². The smallest absolute Gasteiger partial charge is 0.221 e. The lowest BCUT2D eigenvalue weighted by atomic mass is 10.2. The SMILES string of the molecule is CC(=O)Nc1cccc(Nc2nnc(SCc3ccc(Cl)cc3)s2)c1. The third-order valence-corrected chi connectivity index (χ3v) is 5.41. The van der Waals surface area contributed by atoms with E-state index in [1.807, 2.05) is 48.5 Å². The largest absolute Gasteiger partial charge is 0.330 e. The third kappa shape index (κ3) is 5.45. The van der Waals surface area contributed by atoms with E-state index in [0.29, 0.717) is 5.13 Å². The number of hydrogen-bond donors (Lipinski definition) is 2. The zero-order valence-corrected chi connectivity index (χ0v) is 15.7. The monoisotopic (exact) mass is 390 g/mol. The van der Waals surface area contributed by atoms with Crippen LogP contribution >= 0.6 is 34.7 Å². The molecular weight excluding hydrogens is 376 g/mol. The number of rotatable bonds is 6. The van der Waals surface area contributed by atoms with Crippen LogP contribution in [0.15, 0.2) is 52.9 Å². The van der Waals surface area contributed by atoms with Crippen LogP contribution in [0, 0.1) is 0 Å². The van der Waals surface area contributed by atoms with Gasteiger partial charge in [0.2, 0.25) is 11.0 Å². The van der Waals surface area contributed by atoms with Gasteiger partial charge in [-0.05, 0) is 35.9 Å². The Balaban J connectivity index is 1.59. The van der Waals surface area contributed by atoms with Crippen molar-refractivity contribution in [3.8, 4) is 0 Å². The van der Waals surface area contributed by atoms with E-state index in [0.717, 1.165) is 26.5 Å². The van der Waals surface area contributed by atoms with E-state index in [-0.39, 0.29) is 5.91 Å². The number of amides is 1. The highest BCUT2D eigenvalue weighted by Crippen LogP contribution is 2.30. The summed E-state index contributed by atoms with van der Waals surface area (Å²) in [4.78, 5) is 11.1. The van der Waals surface area contributed by atoms with Crippen LogP contribution in [-0.4, -0.2) is 16.1 Å². The molecule has 0 saturated carbocycles. The van der Waals surface area contributed by atoms with Crippen molar-refractivity contribution in [2.45, 2.75) is 17.0 Å². The summed E-state index contributed by atoms with van der Waals surface area (Å²) in [5.74, 6) is 0.707. The Bertz CT molecular complexity index is 867. The number of thioether (sulfide) groups is 1. The summed E-state index contributed by atoms with van der Waals surface area (Å²) in [6.45, 7) is 1.48. The molecule has 1 heterocycles. The second kappa shape index (κ2) is 8.33. The molecule has 0 aliphatic rings. The van der Waals surface area contributed by atoms with Crippen LogP contribution in [0.5, 0.6) is 0 Å². The summed E-state index contributed by atoms with van der Waals surface area (Å²) in [5.41, 5.74) is 2.76. The summed E-state index contributed by atoms with van der Waals surface area (Å²) in [5, 5.41) is 15.7. The van der Waals surface area contributed by atoms with Gasteiger partial charge in [-0.3, -0.25) is 4.79 Å². The number of hydrogen-bond acceptors (Lipinski definition) is 6. The first-order valence-electron chi connectivity index (χ1n) is 7.44. The van der Waals surface area contributed by atoms with Gasteiger partial charge in [-0.15, -0.1) is 10.2 Å². The minimum Gasteiger partial charge on any atom is -0.330 e. The van der Waals surface area contributed by atoms with Gasteiger partial charge in [0.15, 0.2) is 4.34 Å². The van der Waals surface area contributed by atoms with Crippen LogP contribution < -0.4 is 10.6 Å². The number of benzene rings is 2. The van der Waals surface area contributed by atoms with Gasteiger partial charge in [-0.25, -0.2) is 0 Å². The first-order valence-corrected chi connectivity index (χ1v) is 9.62. The molecule has 0 spiro atoms. The van der Waals surface area contributed by atoms with E-state index < -0.39 is 0 Å². The maximum absolute atomic E-state index is 11.1. The standard InChI is InChI=1S/C17H15ClN4OS2/c1-11(23)19-14-3-2-4-15(9-14)20-16-21-22-17(25-16)24-10-12-5-7-13(18)8-6-12/h2-9H,10H2,1H3,(H,19,23)(H,20,21). The van der Waals surface area contributed by atoms with Crippen LogP contribution in [0.4, 0.5) is 16.5 Å². The number of aromatic nitrogens is 2. The number of carbonyl (C=O) groups excluding carboxylic acids is 1. The van der Waals surface area contributed by atoms with Crippen molar-refractivity contribution < 1.29 is 4.79 Å². The number of carbonyl (C=O) groups is 1. The van der Waals surface area contributed by atoms with Crippen LogP contribution in [0.1, 0.15) is 12.5 Å². The van der Waals surface area contributed by atoms with Crippen molar-refractivity contribution in [1.29, 1.82) is 0 Å². The van der Waals surface area contributed by atoms with Crippen molar-refractivity contribution in [3.05, 3.63) is 59.1 Å². The number of nitrogens with zero attached hydrogens (tertiary/aromatic N) is 2. The zero-order valence-electron chi connectivity index (χ0n) is 13.3. The average Bonchev–Trinajstić information content (AvgIpc) is 3.01. The van der Waals surface area contributed by atoms with Crippen molar-refractivity contribution in [2.24, 2.45) is 0 Å². The topological polar surface area (TPSA) is 66.9 Å². The van der Waals surface area contributed by atoms with Crippen LogP contribution in [-0.2, 0) is 10.5 Å². The summed E-state index contributed by atoms with van der Waals surface area (Å²) in [6, 6.07) is 15.2. The van der Waals surface area contributed by atoms with E-state index in [2.05, 4.69) is 20.8 Å². The fourth-order valence-corrected chi connectivity index (χ4v) is 3.90. The Morgan fingerprint density at radius 1 is 1.16 bits per heavy atom. The molecule has 1 amide bonds. The van der Waals surface area contributed by atoms with Gasteiger partial charge in [0.05, 0.1) is 0 Å². The molecule has 8 heteroatoms. The van der Waals surface area contributed by atoms with Gasteiger partial charge in [0.1, 0.15) is 0 Å². The maximum atomic E-state index is 11.1. The van der Waals surface area contributed by atoms with Gasteiger partial charge in [-0.1, -0.05) is 52.9 Å². The molecule has 25 heavy (non-hydrogen) atoms. The van der Waals surface area contributed by atoms with Crippen LogP contribution in [0.3, 0.4) is 0 Å². The van der Waals surface area contributed by atoms with E-state index in [9.17, 15) is 4.79 Å². The molecule has 5 nitrogen and oxygen atoms in total. The van der Waals surface area contributed by atoms with E-state index in [4.69, 9.17) is 11.6 Å². The quantitative estimate of drug-likeness (QED) is 0.567. The lowest BCUT2D eigenvalue weighted by molar-refractivity contribution is -0.114. The lowest BCUT2D eigenvalue weighted by Crippen LogP contribution is -2.05. The van der Waals surface area contributed by atoms with E-state index >= 15 is 0 Å². The van der Waals surface area contributed by atoms with Crippen LogP contribution in [0.2, 0.25) is 5.02 Å². The molecule has 0 radical (unpaired) electrons. The molecule has 0 bridgehead atoms. The fraction of sp³-hybridized carbons (Fsp3) is 0.118. The Morgan fingerprint density at radius 3 is 2.68 bits per heavy atom. The normalized spacial score (nSPS) is 10.5. The molecule has 0 aliphatic carbocycles. The highest BCUT2D eigenvalue weighted by atomic mass is 35.5. The van der Waals surface area contributed by atoms with Crippen molar-refractivity contribution in [3.63, 3.8) is 0 Å². The number of anilines is 3. The van der Waals surface area contributed by atoms with Crippen molar-refractivity contribution >= 4 is 57.1 Å². The molecule has 2 aromatic carbocycles. The first-order chi connectivity index (χ1) is 12.1. The summed E-state index contributed by atoms with van der Waals surface area (Å²) in [6.07, 6.45) is 0. The van der Waals surface area contributed by atoms with Crippen molar-refractivity contribution in [2.75, 3.05) is 10.6 Å². The Hall–Kier alpha value is -2.09. The molecule has 0 unspecified atom stereocenters. The maximum Gasteiger partial charge on any atom is 0.221 e. The molecule has 0 fully saturated rings. The summed E-state index contributed by atoms with van der Waals surface area (Å²) in [7, 11) is 0. The Morgan fingerprint density at radius 2 is 1.92 bits per heavy atom. The van der Waals surface area contributed by atoms with Crippen molar-refractivity contribution in [1.82, 2.24) is 10.2 Å². The molecule has 0 atom stereocenters. The molecule has 3 aromatic rings. The molecule has 3 rings (SSSR count). The fourth-order valence-electron chi connectivity index (χ4n) is 2.05. The molecular formula is C17H15ClN4OS2. The molecule has 0 saturated heterocycles. The first kappa shape index (κ1) is 17.7. The van der Waals surface area contributed by atoms with E-state index in [1.165, 1.54) is 23.8 Å². The van der Waals surface area contributed by atoms with Gasteiger partial charge in [-0.2, -0.15) is 0 Å². The van der Waals surface area contributed by atoms with Gasteiger partial charge in [0.25, 0.3) is 0 Å². The second-order valence-electron chi connectivity index (χ2n) is 5.18. The molecule has 1 aromatic heterocycles. The Kier molecular flexibility index (Phi) is 5.91. The number of nitrogens with one attached hydrogen (secondary N) is 2. The predicted molar refractivity (Wildman–Crippen MR) is 105 cm³/mol. The van der Waals surface area contributed by atoms with E-state index in [1.54, 1.807) is 11.8 Å². The third-order valence-electron chi connectivity index (χ3n) is 3.12. The summed E-state index contributed by atoms with van der Waals surface area (Å²) < 4.78 is 0.885. The predicted octanol–water partition coefficient (Wildman–Crippen LogP) is 5.19. The summed E-state index contributed by atoms with van der Waals surface area (Å²) >= 11 is 9.00. The Labute approximate surface area is 158 Å². The second-order valence-corrected chi connectivity index (χ2v) is 7.81. The minimum absolute atomic E-state index is 0.103.